The number of hydrogen-bond acceptors (Lipinski definition) is 4. The van der Waals surface area contributed by atoms with Crippen molar-refractivity contribution in [2.24, 2.45) is 5.10 Å². The Morgan fingerprint density at radius 2 is 2.33 bits per heavy atom. The zero-order valence-electron chi connectivity index (χ0n) is 12.4. The normalized spacial score (nSPS) is 11.0. The van der Waals surface area contributed by atoms with Crippen LogP contribution in [0.25, 0.3) is 5.13 Å². The van der Waals surface area contributed by atoms with Gasteiger partial charge in [0.15, 0.2) is 10.2 Å². The molecular weight excluding hydrogens is 302 g/mol. The Balaban J connectivity index is 2.08. The third-order valence-corrected chi connectivity index (χ3v) is 3.98. The van der Waals surface area contributed by atoms with Crippen molar-refractivity contribution in [1.29, 1.82) is 0 Å². The molecule has 0 unspecified atom stereocenters. The van der Waals surface area contributed by atoms with E-state index in [0.29, 0.717) is 5.11 Å². The number of aromatic nitrogens is 2. The lowest BCUT2D eigenvalue weighted by Crippen LogP contribution is -2.32. The Bertz CT molecular complexity index is 628. The van der Waals surface area contributed by atoms with E-state index < -0.39 is 0 Å². The zero-order valence-corrected chi connectivity index (χ0v) is 14.0. The van der Waals surface area contributed by atoms with Crippen molar-refractivity contribution in [3.63, 3.8) is 0 Å². The van der Waals surface area contributed by atoms with Crippen LogP contribution in [0.15, 0.2) is 22.7 Å². The van der Waals surface area contributed by atoms with Crippen molar-refractivity contribution in [1.82, 2.24) is 20.3 Å². The van der Waals surface area contributed by atoms with Crippen molar-refractivity contribution >= 4 is 34.9 Å². The molecule has 21 heavy (non-hydrogen) atoms. The lowest BCUT2D eigenvalue weighted by Gasteiger charge is -2.05. The van der Waals surface area contributed by atoms with E-state index >= 15 is 0 Å². The van der Waals surface area contributed by atoms with Crippen LogP contribution < -0.4 is 10.7 Å². The third kappa shape index (κ3) is 3.89. The molecule has 7 heteroatoms. The molecular formula is C14H19N5S2. The van der Waals surface area contributed by atoms with Gasteiger partial charge in [0.1, 0.15) is 0 Å². The molecule has 2 rings (SSSR count). The van der Waals surface area contributed by atoms with Gasteiger partial charge in [-0.25, -0.2) is 4.98 Å². The van der Waals surface area contributed by atoms with Crippen molar-refractivity contribution in [2.45, 2.75) is 27.2 Å². The molecule has 0 radical (unpaired) electrons. The van der Waals surface area contributed by atoms with E-state index in [1.165, 1.54) is 0 Å². The molecule has 2 aromatic rings. The van der Waals surface area contributed by atoms with Crippen LogP contribution in [0.5, 0.6) is 0 Å². The van der Waals surface area contributed by atoms with E-state index in [4.69, 9.17) is 12.2 Å². The molecule has 0 saturated carbocycles. The van der Waals surface area contributed by atoms with Gasteiger partial charge in [-0.05, 0) is 38.6 Å². The van der Waals surface area contributed by atoms with Gasteiger partial charge in [0.05, 0.1) is 6.21 Å². The first-order valence-electron chi connectivity index (χ1n) is 6.79. The number of thiocarbonyl (C=S) groups is 1. The van der Waals surface area contributed by atoms with Gasteiger partial charge >= 0.3 is 0 Å². The highest BCUT2D eigenvalue weighted by Crippen LogP contribution is 2.20. The molecule has 0 aliphatic heterocycles. The Labute approximate surface area is 134 Å². The lowest BCUT2D eigenvalue weighted by atomic mass is 10.3. The number of hydrazone groups is 1. The maximum absolute atomic E-state index is 5.11. The van der Waals surface area contributed by atoms with E-state index in [0.717, 1.165) is 35.0 Å². The summed E-state index contributed by atoms with van der Waals surface area (Å²) in [5.41, 5.74) is 6.12. The minimum absolute atomic E-state index is 0.543. The van der Waals surface area contributed by atoms with Gasteiger partial charge < -0.3 is 5.32 Å². The van der Waals surface area contributed by atoms with Crippen LogP contribution in [-0.2, 0) is 0 Å². The van der Waals surface area contributed by atoms with Gasteiger partial charge in [0, 0.05) is 35.1 Å². The minimum Gasteiger partial charge on any atom is -0.361 e. The van der Waals surface area contributed by atoms with Crippen molar-refractivity contribution in [3.05, 3.63) is 34.6 Å². The van der Waals surface area contributed by atoms with Crippen molar-refractivity contribution in [2.75, 3.05) is 6.54 Å². The van der Waals surface area contributed by atoms with Gasteiger partial charge in [0.2, 0.25) is 0 Å². The summed E-state index contributed by atoms with van der Waals surface area (Å²) < 4.78 is 2.12. The molecule has 0 spiro atoms. The second-order valence-electron chi connectivity index (χ2n) is 4.60. The minimum atomic E-state index is 0.543. The number of aryl methyl sites for hydroxylation is 1. The Kier molecular flexibility index (Phi) is 5.46. The summed E-state index contributed by atoms with van der Waals surface area (Å²) in [6, 6.07) is 2.09. The van der Waals surface area contributed by atoms with Crippen LogP contribution in [-0.4, -0.2) is 27.4 Å². The van der Waals surface area contributed by atoms with E-state index in [1.54, 1.807) is 17.6 Å². The highest BCUT2D eigenvalue weighted by Gasteiger charge is 2.10. The Morgan fingerprint density at radius 3 is 3.00 bits per heavy atom. The molecule has 0 aromatic carbocycles. The highest BCUT2D eigenvalue weighted by molar-refractivity contribution is 7.80. The molecule has 0 atom stereocenters. The first-order chi connectivity index (χ1) is 10.1. The standard InChI is InChI=1S/C14H19N5S2/c1-4-5-15-13(20)18-17-9-12-8-10(2)19(11(12)3)14-16-6-7-21-14/h6-9H,4-5H2,1-3H3,(H2,15,18,20)/b17-9-. The molecule has 0 aliphatic rings. The molecule has 0 bridgehead atoms. The smallest absolute Gasteiger partial charge is 0.193 e. The zero-order chi connectivity index (χ0) is 15.2. The number of nitrogens with one attached hydrogen (secondary N) is 2. The summed E-state index contributed by atoms with van der Waals surface area (Å²) in [6.07, 6.45) is 4.62. The summed E-state index contributed by atoms with van der Waals surface area (Å²) >= 11 is 6.73. The van der Waals surface area contributed by atoms with Gasteiger partial charge in [-0.3, -0.25) is 9.99 Å². The van der Waals surface area contributed by atoms with E-state index in [-0.39, 0.29) is 0 Å². The highest BCUT2D eigenvalue weighted by atomic mass is 32.1. The quantitative estimate of drug-likeness (QED) is 0.505. The van der Waals surface area contributed by atoms with Crippen LogP contribution in [0.3, 0.4) is 0 Å². The largest absolute Gasteiger partial charge is 0.361 e. The molecule has 0 fully saturated rings. The predicted molar refractivity (Wildman–Crippen MR) is 92.5 cm³/mol. The van der Waals surface area contributed by atoms with Crippen LogP contribution in [0.4, 0.5) is 0 Å². The number of rotatable bonds is 5. The number of nitrogens with zero attached hydrogens (tertiary/aromatic N) is 3. The number of hydrogen-bond donors (Lipinski definition) is 2. The monoisotopic (exact) mass is 321 g/mol. The fourth-order valence-electron chi connectivity index (χ4n) is 1.98. The van der Waals surface area contributed by atoms with E-state index in [1.807, 2.05) is 11.6 Å². The molecule has 0 amide bonds. The fourth-order valence-corrected chi connectivity index (χ4v) is 2.88. The number of thiazole rings is 1. The van der Waals surface area contributed by atoms with E-state index in [9.17, 15) is 0 Å². The van der Waals surface area contributed by atoms with Crippen LogP contribution in [0, 0.1) is 13.8 Å². The average molecular weight is 321 g/mol. The Morgan fingerprint density at radius 1 is 1.52 bits per heavy atom. The maximum atomic E-state index is 5.11. The van der Waals surface area contributed by atoms with Gasteiger partial charge in [0.25, 0.3) is 0 Å². The molecule has 2 N–H and O–H groups in total. The maximum Gasteiger partial charge on any atom is 0.193 e. The third-order valence-electron chi connectivity index (χ3n) is 2.99. The van der Waals surface area contributed by atoms with Crippen LogP contribution >= 0.6 is 23.6 Å². The van der Waals surface area contributed by atoms with Gasteiger partial charge in [-0.2, -0.15) is 5.10 Å². The molecule has 0 saturated heterocycles. The molecule has 5 nitrogen and oxygen atoms in total. The fraction of sp³-hybridized carbons (Fsp3) is 0.357. The second kappa shape index (κ2) is 7.33. The summed E-state index contributed by atoms with van der Waals surface area (Å²) in [4.78, 5) is 4.35. The molecule has 2 heterocycles. The molecule has 112 valence electrons. The average Bonchev–Trinajstić information content (AvgIpc) is 3.05. The second-order valence-corrected chi connectivity index (χ2v) is 5.88. The van der Waals surface area contributed by atoms with Gasteiger partial charge in [-0.15, -0.1) is 11.3 Å². The van der Waals surface area contributed by atoms with Crippen LogP contribution in [0.1, 0.15) is 30.3 Å². The van der Waals surface area contributed by atoms with Crippen LogP contribution in [0.2, 0.25) is 0 Å². The van der Waals surface area contributed by atoms with Crippen molar-refractivity contribution in [3.8, 4) is 5.13 Å². The summed E-state index contributed by atoms with van der Waals surface area (Å²) in [7, 11) is 0. The van der Waals surface area contributed by atoms with Crippen molar-refractivity contribution < 1.29 is 0 Å². The topological polar surface area (TPSA) is 54.2 Å². The lowest BCUT2D eigenvalue weighted by molar-refractivity contribution is 0.817. The SMILES string of the molecule is CCCNC(=S)N/N=C\c1cc(C)n(-c2nccs2)c1C. The Hall–Kier alpha value is -1.73. The van der Waals surface area contributed by atoms with E-state index in [2.05, 4.69) is 52.2 Å². The predicted octanol–water partition coefficient (Wildman–Crippen LogP) is 2.76. The summed E-state index contributed by atoms with van der Waals surface area (Å²) in [5, 5.41) is 10.7. The first-order valence-corrected chi connectivity index (χ1v) is 8.08. The summed E-state index contributed by atoms with van der Waals surface area (Å²) in [6.45, 7) is 7.06. The molecule has 0 aliphatic carbocycles. The molecule has 2 aromatic heterocycles. The van der Waals surface area contributed by atoms with Gasteiger partial charge in [-0.1, -0.05) is 6.92 Å². The summed E-state index contributed by atoms with van der Waals surface area (Å²) in [5.74, 6) is 0. The first kappa shape index (κ1) is 15.7.